The lowest BCUT2D eigenvalue weighted by Crippen LogP contribution is -2.44. The van der Waals surface area contributed by atoms with Crippen LogP contribution in [0.1, 0.15) is 18.4 Å². The molecule has 1 aliphatic rings. The number of thioether (sulfide) groups is 1. The van der Waals surface area contributed by atoms with Crippen molar-refractivity contribution in [2.24, 2.45) is 0 Å². The van der Waals surface area contributed by atoms with E-state index in [1.807, 2.05) is 11.8 Å². The number of rotatable bonds is 4. The Balaban J connectivity index is 1.83. The maximum absolute atomic E-state index is 11.7. The second kappa shape index (κ2) is 7.11. The van der Waals surface area contributed by atoms with E-state index >= 15 is 0 Å². The highest BCUT2D eigenvalue weighted by Gasteiger charge is 2.29. The van der Waals surface area contributed by atoms with Gasteiger partial charge in [0, 0.05) is 18.8 Å². The molecular weight excluding hydrogens is 296 g/mol. The van der Waals surface area contributed by atoms with Gasteiger partial charge in [0.15, 0.2) is 0 Å². The van der Waals surface area contributed by atoms with Gasteiger partial charge >= 0.3 is 0 Å². The first-order valence-corrected chi connectivity index (χ1v) is 7.98. The first-order chi connectivity index (χ1) is 9.57. The summed E-state index contributed by atoms with van der Waals surface area (Å²) >= 11 is 7.60. The van der Waals surface area contributed by atoms with Gasteiger partial charge in [-0.2, -0.15) is 11.8 Å². The van der Waals surface area contributed by atoms with Gasteiger partial charge in [-0.1, -0.05) is 11.6 Å². The Hall–Kier alpha value is -1.04. The average Bonchev–Trinajstić information content (AvgIpc) is 2.44. The van der Waals surface area contributed by atoms with E-state index in [9.17, 15) is 9.90 Å². The molecule has 0 unspecified atom stereocenters. The van der Waals surface area contributed by atoms with Crippen LogP contribution in [0, 0.1) is 0 Å². The largest absolute Gasteiger partial charge is 0.388 e. The molecule has 0 aliphatic carbocycles. The van der Waals surface area contributed by atoms with Crippen molar-refractivity contribution in [3.63, 3.8) is 0 Å². The van der Waals surface area contributed by atoms with Crippen molar-refractivity contribution in [1.29, 1.82) is 0 Å². The van der Waals surface area contributed by atoms with E-state index in [-0.39, 0.29) is 5.91 Å². The monoisotopic (exact) mass is 312 g/mol. The van der Waals surface area contributed by atoms with Gasteiger partial charge < -0.3 is 10.4 Å². The molecular formula is C14H17ClN2O2S. The number of halogens is 1. The fourth-order valence-corrected chi connectivity index (χ4v) is 3.37. The third-order valence-electron chi connectivity index (χ3n) is 3.19. The highest BCUT2D eigenvalue weighted by molar-refractivity contribution is 7.99. The minimum Gasteiger partial charge on any atom is -0.388 e. The van der Waals surface area contributed by atoms with Crippen molar-refractivity contribution in [3.8, 4) is 0 Å². The number of nitrogens with one attached hydrogen (secondary N) is 1. The predicted molar refractivity (Wildman–Crippen MR) is 82.8 cm³/mol. The average molecular weight is 313 g/mol. The first kappa shape index (κ1) is 15.4. The van der Waals surface area contributed by atoms with E-state index in [1.54, 1.807) is 24.4 Å². The molecule has 0 bridgehead atoms. The number of carbonyl (C=O) groups is 1. The van der Waals surface area contributed by atoms with E-state index in [2.05, 4.69) is 10.3 Å². The Labute approximate surface area is 127 Å². The summed E-state index contributed by atoms with van der Waals surface area (Å²) in [5, 5.41) is 13.4. The summed E-state index contributed by atoms with van der Waals surface area (Å²) in [4.78, 5) is 15.6. The first-order valence-electron chi connectivity index (χ1n) is 6.45. The molecule has 2 heterocycles. The molecule has 108 valence electrons. The molecule has 0 spiro atoms. The molecule has 0 radical (unpaired) electrons. The van der Waals surface area contributed by atoms with E-state index in [0.717, 1.165) is 29.9 Å². The molecule has 1 amide bonds. The number of hydrogen-bond donors (Lipinski definition) is 2. The minimum absolute atomic E-state index is 0.218. The van der Waals surface area contributed by atoms with Crippen molar-refractivity contribution in [2.45, 2.75) is 18.4 Å². The summed E-state index contributed by atoms with van der Waals surface area (Å²) in [6, 6.07) is 3.44. The minimum atomic E-state index is -0.755. The summed E-state index contributed by atoms with van der Waals surface area (Å²) in [6.45, 7) is 0.299. The number of amides is 1. The number of aromatic nitrogens is 1. The number of pyridine rings is 1. The van der Waals surface area contributed by atoms with Gasteiger partial charge in [0.25, 0.3) is 0 Å². The van der Waals surface area contributed by atoms with Gasteiger partial charge in [-0.15, -0.1) is 0 Å². The molecule has 20 heavy (non-hydrogen) atoms. The third kappa shape index (κ3) is 4.81. The second-order valence-corrected chi connectivity index (χ2v) is 6.41. The Morgan fingerprint density at radius 3 is 3.00 bits per heavy atom. The maximum Gasteiger partial charge on any atom is 0.244 e. The predicted octanol–water partition coefficient (Wildman–Crippen LogP) is 2.12. The van der Waals surface area contributed by atoms with Gasteiger partial charge in [-0.05, 0) is 48.1 Å². The zero-order valence-corrected chi connectivity index (χ0v) is 12.6. The van der Waals surface area contributed by atoms with Crippen LogP contribution >= 0.6 is 23.4 Å². The lowest BCUT2D eigenvalue weighted by atomic mass is 9.97. The number of nitrogens with zero attached hydrogens (tertiary/aromatic N) is 1. The van der Waals surface area contributed by atoms with Gasteiger partial charge in [0.1, 0.15) is 5.15 Å². The molecule has 0 atom stereocenters. The van der Waals surface area contributed by atoms with Crippen LogP contribution in [0.3, 0.4) is 0 Å². The van der Waals surface area contributed by atoms with Gasteiger partial charge in [0.05, 0.1) is 5.60 Å². The highest BCUT2D eigenvalue weighted by Crippen LogP contribution is 2.26. The van der Waals surface area contributed by atoms with Crippen LogP contribution in [0.15, 0.2) is 24.4 Å². The van der Waals surface area contributed by atoms with Crippen molar-refractivity contribution in [2.75, 3.05) is 18.1 Å². The Morgan fingerprint density at radius 1 is 1.55 bits per heavy atom. The lowest BCUT2D eigenvalue weighted by Gasteiger charge is -2.31. The van der Waals surface area contributed by atoms with Crippen LogP contribution < -0.4 is 5.32 Å². The number of hydrogen-bond acceptors (Lipinski definition) is 4. The topological polar surface area (TPSA) is 62.2 Å². The van der Waals surface area contributed by atoms with Crippen LogP contribution in [0.2, 0.25) is 5.15 Å². The number of aliphatic hydroxyl groups is 1. The molecule has 1 saturated heterocycles. The Morgan fingerprint density at radius 2 is 2.30 bits per heavy atom. The van der Waals surface area contributed by atoms with Crippen molar-refractivity contribution in [1.82, 2.24) is 10.3 Å². The molecule has 1 fully saturated rings. The van der Waals surface area contributed by atoms with Crippen molar-refractivity contribution < 1.29 is 9.90 Å². The molecule has 0 aromatic carbocycles. The standard InChI is InChI=1S/C14H17ClN2O2S/c15-12-9-11(3-6-16-12)1-2-13(18)17-10-14(19)4-7-20-8-5-14/h1-3,6,9,19H,4-5,7-8,10H2,(H,17,18)/b2-1+. The van der Waals surface area contributed by atoms with Gasteiger partial charge in [-0.25, -0.2) is 4.98 Å². The molecule has 2 N–H and O–H groups in total. The summed E-state index contributed by atoms with van der Waals surface area (Å²) in [5.74, 6) is 1.67. The zero-order chi connectivity index (χ0) is 14.4. The second-order valence-electron chi connectivity index (χ2n) is 4.80. The molecule has 2 rings (SSSR count). The molecule has 4 nitrogen and oxygen atoms in total. The lowest BCUT2D eigenvalue weighted by molar-refractivity contribution is -0.117. The van der Waals surface area contributed by atoms with Crippen LogP contribution in [-0.4, -0.2) is 39.6 Å². The summed E-state index contributed by atoms with van der Waals surface area (Å²) in [6.07, 6.45) is 6.14. The summed E-state index contributed by atoms with van der Waals surface area (Å²) in [7, 11) is 0. The van der Waals surface area contributed by atoms with Crippen LogP contribution in [0.4, 0.5) is 0 Å². The Kier molecular flexibility index (Phi) is 5.46. The normalized spacial score (nSPS) is 18.1. The Bertz CT molecular complexity index is 502. The zero-order valence-electron chi connectivity index (χ0n) is 11.0. The summed E-state index contributed by atoms with van der Waals surface area (Å²) in [5.41, 5.74) is 0.0577. The molecule has 1 aromatic heterocycles. The van der Waals surface area contributed by atoms with Crippen molar-refractivity contribution >= 4 is 35.3 Å². The van der Waals surface area contributed by atoms with E-state index < -0.39 is 5.60 Å². The molecule has 6 heteroatoms. The summed E-state index contributed by atoms with van der Waals surface area (Å²) < 4.78 is 0. The van der Waals surface area contributed by atoms with E-state index in [0.29, 0.717) is 11.7 Å². The maximum atomic E-state index is 11.7. The van der Waals surface area contributed by atoms with E-state index in [1.165, 1.54) is 6.08 Å². The molecule has 1 aliphatic heterocycles. The number of carbonyl (C=O) groups excluding carboxylic acids is 1. The van der Waals surface area contributed by atoms with Crippen LogP contribution in [-0.2, 0) is 4.79 Å². The fourth-order valence-electron chi connectivity index (χ4n) is 1.93. The smallest absolute Gasteiger partial charge is 0.244 e. The van der Waals surface area contributed by atoms with Crippen LogP contribution in [0.25, 0.3) is 6.08 Å². The third-order valence-corrected chi connectivity index (χ3v) is 4.39. The molecule has 0 saturated carbocycles. The molecule has 1 aromatic rings. The van der Waals surface area contributed by atoms with E-state index in [4.69, 9.17) is 11.6 Å². The quantitative estimate of drug-likeness (QED) is 0.660. The van der Waals surface area contributed by atoms with Gasteiger partial charge in [0.2, 0.25) is 5.91 Å². The van der Waals surface area contributed by atoms with Crippen molar-refractivity contribution in [3.05, 3.63) is 35.1 Å². The fraction of sp³-hybridized carbons (Fsp3) is 0.429. The van der Waals surface area contributed by atoms with Crippen LogP contribution in [0.5, 0.6) is 0 Å². The highest BCUT2D eigenvalue weighted by atomic mass is 35.5. The van der Waals surface area contributed by atoms with Gasteiger partial charge in [-0.3, -0.25) is 4.79 Å². The SMILES string of the molecule is O=C(/C=C/c1ccnc(Cl)c1)NCC1(O)CCSCC1.